The minimum absolute atomic E-state index is 0.666. The van der Waals surface area contributed by atoms with Gasteiger partial charge in [-0.25, -0.2) is 10.2 Å². The molecule has 1 aromatic heterocycles. The lowest BCUT2D eigenvalue weighted by Gasteiger charge is -2.05. The summed E-state index contributed by atoms with van der Waals surface area (Å²) in [6.45, 7) is 4.02. The van der Waals surface area contributed by atoms with Crippen molar-refractivity contribution in [3.8, 4) is 0 Å². The van der Waals surface area contributed by atoms with E-state index >= 15 is 0 Å². The maximum Gasteiger partial charge on any atom is 0.332 e. The van der Waals surface area contributed by atoms with Gasteiger partial charge in [-0.1, -0.05) is 13.3 Å². The van der Waals surface area contributed by atoms with E-state index in [1.54, 1.807) is 6.20 Å². The number of nitrogens with two attached hydrogens (primary N) is 1. The molecule has 3 N–H and O–H groups in total. The molecule has 5 heteroatoms. The van der Waals surface area contributed by atoms with Crippen molar-refractivity contribution in [2.24, 2.45) is 10.8 Å². The summed E-state index contributed by atoms with van der Waals surface area (Å²) in [4.78, 5) is 14.8. The Balaban J connectivity index is 2.92. The van der Waals surface area contributed by atoms with Crippen LogP contribution in [0.1, 0.15) is 31.0 Å². The first kappa shape index (κ1) is 12.2. The van der Waals surface area contributed by atoms with Crippen LogP contribution in [0.2, 0.25) is 0 Å². The van der Waals surface area contributed by atoms with Crippen molar-refractivity contribution in [3.05, 3.63) is 29.6 Å². The van der Waals surface area contributed by atoms with Crippen LogP contribution in [-0.4, -0.2) is 16.7 Å². The monoisotopic (exact) mass is 220 g/mol. The molecule has 0 bridgehead atoms. The van der Waals surface area contributed by atoms with Gasteiger partial charge < -0.3 is 5.73 Å². The second-order valence-corrected chi connectivity index (χ2v) is 3.50. The number of pyridine rings is 1. The normalized spacial score (nSPS) is 11.2. The van der Waals surface area contributed by atoms with Crippen LogP contribution < -0.4 is 11.2 Å². The van der Waals surface area contributed by atoms with Gasteiger partial charge in [0, 0.05) is 6.20 Å². The second kappa shape index (κ2) is 5.85. The third kappa shape index (κ3) is 3.68. The number of rotatable bonds is 4. The Kier molecular flexibility index (Phi) is 4.44. The second-order valence-electron chi connectivity index (χ2n) is 3.50. The largest absolute Gasteiger partial charge is 0.350 e. The number of nitrogens with one attached hydrogen (secondary N) is 1. The summed E-state index contributed by atoms with van der Waals surface area (Å²) >= 11 is 0. The summed E-state index contributed by atoms with van der Waals surface area (Å²) in [5.41, 5.74) is 9.82. The summed E-state index contributed by atoms with van der Waals surface area (Å²) in [6.07, 6.45) is 3.39. The van der Waals surface area contributed by atoms with Gasteiger partial charge in [0.15, 0.2) is 0 Å². The predicted octanol–water partition coefficient (Wildman–Crippen LogP) is 1.56. The van der Waals surface area contributed by atoms with E-state index in [0.717, 1.165) is 29.8 Å². The molecule has 1 aromatic rings. The van der Waals surface area contributed by atoms with Crippen LogP contribution in [0.3, 0.4) is 0 Å². The number of hydrazone groups is 1. The molecule has 0 aromatic carbocycles. The van der Waals surface area contributed by atoms with Crippen LogP contribution >= 0.6 is 0 Å². The maximum atomic E-state index is 10.6. The molecule has 1 rings (SSSR count). The lowest BCUT2D eigenvalue weighted by molar-refractivity contribution is 0.249. The van der Waals surface area contributed by atoms with Gasteiger partial charge in [0.25, 0.3) is 0 Å². The van der Waals surface area contributed by atoms with Gasteiger partial charge in [0.2, 0.25) is 0 Å². The summed E-state index contributed by atoms with van der Waals surface area (Å²) < 4.78 is 0. The zero-order valence-corrected chi connectivity index (χ0v) is 9.53. The number of aryl methyl sites for hydroxylation is 1. The van der Waals surface area contributed by atoms with Gasteiger partial charge >= 0.3 is 6.03 Å². The number of carbonyl (C=O) groups is 1. The fraction of sp³-hybridized carbons (Fsp3) is 0.364. The number of carbonyl (C=O) groups excluding carboxylic acids is 1. The first-order valence-electron chi connectivity index (χ1n) is 5.18. The SMILES string of the molecule is CCC/C(=N\NC(N)=O)c1cc(C)ccn1. The van der Waals surface area contributed by atoms with Crippen LogP contribution in [0.25, 0.3) is 0 Å². The lowest BCUT2D eigenvalue weighted by Crippen LogP contribution is -2.26. The van der Waals surface area contributed by atoms with Gasteiger partial charge in [-0.15, -0.1) is 0 Å². The third-order valence-electron chi connectivity index (χ3n) is 2.00. The highest BCUT2D eigenvalue weighted by atomic mass is 16.2. The van der Waals surface area contributed by atoms with Crippen molar-refractivity contribution in [2.45, 2.75) is 26.7 Å². The molecular formula is C11H16N4O. The quantitative estimate of drug-likeness (QED) is 0.596. The standard InChI is InChI=1S/C11H16N4O/c1-3-4-9(14-15-11(12)16)10-7-8(2)5-6-13-10/h5-7H,3-4H2,1-2H3,(H3,12,15,16)/b14-9+. The Labute approximate surface area is 94.8 Å². The number of amides is 2. The first-order valence-corrected chi connectivity index (χ1v) is 5.18. The zero-order chi connectivity index (χ0) is 12.0. The molecule has 0 saturated carbocycles. The Morgan fingerprint density at radius 1 is 1.62 bits per heavy atom. The molecule has 86 valence electrons. The zero-order valence-electron chi connectivity index (χ0n) is 9.53. The van der Waals surface area contributed by atoms with Crippen molar-refractivity contribution in [3.63, 3.8) is 0 Å². The van der Waals surface area contributed by atoms with E-state index in [9.17, 15) is 4.79 Å². The molecule has 0 spiro atoms. The van der Waals surface area contributed by atoms with Crippen LogP contribution in [0.15, 0.2) is 23.4 Å². The minimum atomic E-state index is -0.666. The molecular weight excluding hydrogens is 204 g/mol. The Morgan fingerprint density at radius 2 is 2.38 bits per heavy atom. The summed E-state index contributed by atoms with van der Waals surface area (Å²) in [6, 6.07) is 3.17. The molecule has 0 fully saturated rings. The van der Waals surface area contributed by atoms with E-state index < -0.39 is 6.03 Å². The van der Waals surface area contributed by atoms with Gasteiger partial charge in [0.05, 0.1) is 11.4 Å². The molecule has 1 heterocycles. The van der Waals surface area contributed by atoms with Crippen molar-refractivity contribution in [1.29, 1.82) is 0 Å². The van der Waals surface area contributed by atoms with Gasteiger partial charge in [0.1, 0.15) is 0 Å². The van der Waals surface area contributed by atoms with Gasteiger partial charge in [-0.3, -0.25) is 4.98 Å². The van der Waals surface area contributed by atoms with E-state index in [4.69, 9.17) is 5.73 Å². The minimum Gasteiger partial charge on any atom is -0.350 e. The molecule has 0 aliphatic heterocycles. The van der Waals surface area contributed by atoms with Gasteiger partial charge in [-0.05, 0) is 31.0 Å². The number of urea groups is 1. The topological polar surface area (TPSA) is 80.4 Å². The fourth-order valence-corrected chi connectivity index (χ4v) is 1.29. The Hall–Kier alpha value is -1.91. The summed E-state index contributed by atoms with van der Waals surface area (Å²) in [5.74, 6) is 0. The predicted molar refractivity (Wildman–Crippen MR) is 63.1 cm³/mol. The van der Waals surface area contributed by atoms with E-state index in [-0.39, 0.29) is 0 Å². The van der Waals surface area contributed by atoms with Gasteiger partial charge in [-0.2, -0.15) is 5.10 Å². The van der Waals surface area contributed by atoms with E-state index in [1.165, 1.54) is 0 Å². The third-order valence-corrected chi connectivity index (χ3v) is 2.00. The molecule has 0 atom stereocenters. The van der Waals surface area contributed by atoms with E-state index in [1.807, 2.05) is 26.0 Å². The Morgan fingerprint density at radius 3 is 2.94 bits per heavy atom. The fourth-order valence-electron chi connectivity index (χ4n) is 1.29. The van der Waals surface area contributed by atoms with Crippen LogP contribution in [0, 0.1) is 6.92 Å². The van der Waals surface area contributed by atoms with Crippen LogP contribution in [-0.2, 0) is 0 Å². The maximum absolute atomic E-state index is 10.6. The van der Waals surface area contributed by atoms with Crippen molar-refractivity contribution in [2.75, 3.05) is 0 Å². The molecule has 16 heavy (non-hydrogen) atoms. The van der Waals surface area contributed by atoms with E-state index in [0.29, 0.717) is 0 Å². The van der Waals surface area contributed by atoms with Crippen LogP contribution in [0.4, 0.5) is 4.79 Å². The van der Waals surface area contributed by atoms with Crippen molar-refractivity contribution in [1.82, 2.24) is 10.4 Å². The molecule has 0 aliphatic carbocycles. The number of aromatic nitrogens is 1. The number of hydrogen-bond acceptors (Lipinski definition) is 3. The molecule has 2 amide bonds. The first-order chi connectivity index (χ1) is 7.63. The average Bonchev–Trinajstić information content (AvgIpc) is 2.24. The highest BCUT2D eigenvalue weighted by Gasteiger charge is 2.05. The highest BCUT2D eigenvalue weighted by molar-refractivity contribution is 5.99. The van der Waals surface area contributed by atoms with Crippen molar-refractivity contribution >= 4 is 11.7 Å². The smallest absolute Gasteiger partial charge is 0.332 e. The lowest BCUT2D eigenvalue weighted by atomic mass is 10.1. The van der Waals surface area contributed by atoms with E-state index in [2.05, 4.69) is 15.5 Å². The number of primary amides is 1. The number of hydrogen-bond donors (Lipinski definition) is 2. The molecule has 0 radical (unpaired) electrons. The molecule has 0 unspecified atom stereocenters. The number of nitrogens with zero attached hydrogens (tertiary/aromatic N) is 2. The molecule has 0 saturated heterocycles. The Bertz CT molecular complexity index is 401. The average molecular weight is 220 g/mol. The van der Waals surface area contributed by atoms with Crippen molar-refractivity contribution < 1.29 is 4.79 Å². The summed E-state index contributed by atoms with van der Waals surface area (Å²) in [5, 5.41) is 3.95. The molecule has 5 nitrogen and oxygen atoms in total. The van der Waals surface area contributed by atoms with Crippen LogP contribution in [0.5, 0.6) is 0 Å². The summed E-state index contributed by atoms with van der Waals surface area (Å²) in [7, 11) is 0. The highest BCUT2D eigenvalue weighted by Crippen LogP contribution is 2.05. The molecule has 0 aliphatic rings.